The van der Waals surface area contributed by atoms with Crippen LogP contribution in [0.25, 0.3) is 0 Å². The van der Waals surface area contributed by atoms with Crippen molar-refractivity contribution < 1.29 is 4.74 Å². The maximum atomic E-state index is 5.69. The highest BCUT2D eigenvalue weighted by Gasteiger charge is 2.19. The Hall–Kier alpha value is -0.120. The average Bonchev–Trinajstić information content (AvgIpc) is 2.75. The third kappa shape index (κ3) is 6.72. The summed E-state index contributed by atoms with van der Waals surface area (Å²) in [6, 6.07) is 0.649. The van der Waals surface area contributed by atoms with Crippen molar-refractivity contribution in [2.75, 3.05) is 26.7 Å². The van der Waals surface area contributed by atoms with E-state index in [1.807, 2.05) is 0 Å². The molecule has 0 aromatic rings. The number of nitrogens with one attached hydrogen (secondary N) is 1. The number of nitrogens with zero attached hydrogens (tertiary/aromatic N) is 1. The summed E-state index contributed by atoms with van der Waals surface area (Å²) >= 11 is 0. The lowest BCUT2D eigenvalue weighted by Crippen LogP contribution is -2.38. The molecule has 0 aliphatic carbocycles. The Labute approximate surface area is 113 Å². The van der Waals surface area contributed by atoms with E-state index in [4.69, 9.17) is 4.74 Å². The molecule has 1 fully saturated rings. The van der Waals surface area contributed by atoms with E-state index >= 15 is 0 Å². The topological polar surface area (TPSA) is 24.5 Å². The molecule has 0 amide bonds. The Kier molecular flexibility index (Phi) is 6.61. The van der Waals surface area contributed by atoms with Crippen molar-refractivity contribution in [2.45, 2.75) is 71.1 Å². The molecule has 18 heavy (non-hydrogen) atoms. The fourth-order valence-corrected chi connectivity index (χ4v) is 2.37. The zero-order valence-corrected chi connectivity index (χ0v) is 13.0. The van der Waals surface area contributed by atoms with Crippen LogP contribution in [0.5, 0.6) is 0 Å². The summed E-state index contributed by atoms with van der Waals surface area (Å²) in [6.45, 7) is 12.2. The van der Waals surface area contributed by atoms with Gasteiger partial charge in [0.25, 0.3) is 0 Å². The molecule has 2 atom stereocenters. The van der Waals surface area contributed by atoms with Crippen LogP contribution in [0, 0.1) is 0 Å². The van der Waals surface area contributed by atoms with Gasteiger partial charge >= 0.3 is 0 Å². The van der Waals surface area contributed by atoms with E-state index in [0.717, 1.165) is 19.7 Å². The van der Waals surface area contributed by atoms with Crippen molar-refractivity contribution in [1.82, 2.24) is 10.2 Å². The number of hydrogen-bond donors (Lipinski definition) is 1. The van der Waals surface area contributed by atoms with Crippen molar-refractivity contribution in [2.24, 2.45) is 0 Å². The highest BCUT2D eigenvalue weighted by molar-refractivity contribution is 4.74. The smallest absolute Gasteiger partial charge is 0.0702 e. The molecular formula is C15H32N2O. The first-order valence-electron chi connectivity index (χ1n) is 7.45. The molecule has 0 aromatic heterocycles. The highest BCUT2D eigenvalue weighted by Crippen LogP contribution is 2.15. The van der Waals surface area contributed by atoms with Gasteiger partial charge in [-0.2, -0.15) is 0 Å². The molecular weight excluding hydrogens is 224 g/mol. The molecule has 1 saturated heterocycles. The first kappa shape index (κ1) is 15.9. The third-order valence-electron chi connectivity index (χ3n) is 3.72. The summed E-state index contributed by atoms with van der Waals surface area (Å²) in [5.74, 6) is 0. The van der Waals surface area contributed by atoms with E-state index in [1.165, 1.54) is 25.7 Å². The van der Waals surface area contributed by atoms with Gasteiger partial charge in [-0.05, 0) is 67.0 Å². The maximum Gasteiger partial charge on any atom is 0.0702 e. The van der Waals surface area contributed by atoms with Crippen molar-refractivity contribution in [3.8, 4) is 0 Å². The fraction of sp³-hybridized carbons (Fsp3) is 1.00. The van der Waals surface area contributed by atoms with Gasteiger partial charge in [-0.25, -0.2) is 0 Å². The zero-order valence-electron chi connectivity index (χ0n) is 13.0. The summed E-state index contributed by atoms with van der Waals surface area (Å²) in [6.07, 6.45) is 5.45. The summed E-state index contributed by atoms with van der Waals surface area (Å²) < 4.78 is 5.69. The Morgan fingerprint density at radius 1 is 1.39 bits per heavy atom. The van der Waals surface area contributed by atoms with Crippen LogP contribution in [-0.2, 0) is 4.74 Å². The first-order chi connectivity index (χ1) is 8.38. The molecule has 0 radical (unpaired) electrons. The van der Waals surface area contributed by atoms with E-state index < -0.39 is 0 Å². The van der Waals surface area contributed by atoms with Crippen LogP contribution in [0.3, 0.4) is 0 Å². The SMILES string of the molecule is CC(CCCNC(C)(C)C)N(C)CC1CCCO1. The molecule has 3 nitrogen and oxygen atoms in total. The van der Waals surface area contributed by atoms with Gasteiger partial charge in [-0.15, -0.1) is 0 Å². The van der Waals surface area contributed by atoms with E-state index in [9.17, 15) is 0 Å². The minimum atomic E-state index is 0.243. The molecule has 108 valence electrons. The quantitative estimate of drug-likeness (QED) is 0.709. The van der Waals surface area contributed by atoms with Crippen LogP contribution in [-0.4, -0.2) is 49.3 Å². The van der Waals surface area contributed by atoms with E-state index in [2.05, 4.69) is 45.0 Å². The lowest BCUT2D eigenvalue weighted by molar-refractivity contribution is 0.0688. The molecule has 0 aromatic carbocycles. The second-order valence-electron chi connectivity index (χ2n) is 6.74. The van der Waals surface area contributed by atoms with Crippen molar-refractivity contribution >= 4 is 0 Å². The molecule has 3 heteroatoms. The normalized spacial score (nSPS) is 22.7. The predicted octanol–water partition coefficient (Wildman–Crippen LogP) is 2.65. The second-order valence-corrected chi connectivity index (χ2v) is 6.74. The molecule has 0 saturated carbocycles. The average molecular weight is 256 g/mol. The number of likely N-dealkylation sites (N-methyl/N-ethyl adjacent to an activating group) is 1. The van der Waals surface area contributed by atoms with Gasteiger partial charge in [-0.1, -0.05) is 0 Å². The molecule has 1 N–H and O–H groups in total. The van der Waals surface area contributed by atoms with Gasteiger partial charge in [0.15, 0.2) is 0 Å². The minimum absolute atomic E-state index is 0.243. The van der Waals surface area contributed by atoms with E-state index in [1.54, 1.807) is 0 Å². The van der Waals surface area contributed by atoms with E-state index in [0.29, 0.717) is 12.1 Å². The summed E-state index contributed by atoms with van der Waals surface area (Å²) in [4.78, 5) is 2.45. The fourth-order valence-electron chi connectivity index (χ4n) is 2.37. The maximum absolute atomic E-state index is 5.69. The standard InChI is InChI=1S/C15H32N2O/c1-13(8-6-10-16-15(2,3)4)17(5)12-14-9-7-11-18-14/h13-14,16H,6-12H2,1-5H3. The van der Waals surface area contributed by atoms with Crippen LogP contribution in [0.1, 0.15) is 53.4 Å². The summed E-state index contributed by atoms with van der Waals surface area (Å²) in [5, 5.41) is 3.55. The van der Waals surface area contributed by atoms with Gasteiger partial charge in [-0.3, -0.25) is 0 Å². The minimum Gasteiger partial charge on any atom is -0.377 e. The molecule has 0 spiro atoms. The second kappa shape index (κ2) is 7.46. The van der Waals surface area contributed by atoms with Crippen LogP contribution in [0.15, 0.2) is 0 Å². The van der Waals surface area contributed by atoms with Gasteiger partial charge in [0.1, 0.15) is 0 Å². The van der Waals surface area contributed by atoms with Crippen LogP contribution >= 0.6 is 0 Å². The Balaban J connectivity index is 2.09. The predicted molar refractivity (Wildman–Crippen MR) is 78.1 cm³/mol. The number of ether oxygens (including phenoxy) is 1. The largest absolute Gasteiger partial charge is 0.377 e. The molecule has 1 heterocycles. The first-order valence-corrected chi connectivity index (χ1v) is 7.45. The van der Waals surface area contributed by atoms with Gasteiger partial charge in [0, 0.05) is 24.7 Å². The van der Waals surface area contributed by atoms with Gasteiger partial charge in [0.2, 0.25) is 0 Å². The Morgan fingerprint density at radius 3 is 2.67 bits per heavy atom. The Bertz CT molecular complexity index is 219. The van der Waals surface area contributed by atoms with Gasteiger partial charge < -0.3 is 15.0 Å². The monoisotopic (exact) mass is 256 g/mol. The molecule has 0 bridgehead atoms. The molecule has 1 aliphatic rings. The molecule has 1 aliphatic heterocycles. The van der Waals surface area contributed by atoms with Crippen LogP contribution in [0.4, 0.5) is 0 Å². The summed E-state index contributed by atoms with van der Waals surface area (Å²) in [5.41, 5.74) is 0.243. The third-order valence-corrected chi connectivity index (χ3v) is 3.72. The lowest BCUT2D eigenvalue weighted by Gasteiger charge is -2.27. The zero-order chi connectivity index (χ0) is 13.6. The Morgan fingerprint density at radius 2 is 2.11 bits per heavy atom. The number of hydrogen-bond acceptors (Lipinski definition) is 3. The van der Waals surface area contributed by atoms with Crippen molar-refractivity contribution in [3.05, 3.63) is 0 Å². The van der Waals surface area contributed by atoms with Gasteiger partial charge in [0.05, 0.1) is 6.10 Å². The number of rotatable bonds is 7. The van der Waals surface area contributed by atoms with Crippen molar-refractivity contribution in [1.29, 1.82) is 0 Å². The van der Waals surface area contributed by atoms with Crippen LogP contribution in [0.2, 0.25) is 0 Å². The lowest BCUT2D eigenvalue weighted by atomic mass is 10.1. The van der Waals surface area contributed by atoms with E-state index in [-0.39, 0.29) is 5.54 Å². The highest BCUT2D eigenvalue weighted by atomic mass is 16.5. The molecule has 1 rings (SSSR count). The molecule has 2 unspecified atom stereocenters. The van der Waals surface area contributed by atoms with Crippen LogP contribution < -0.4 is 5.32 Å². The van der Waals surface area contributed by atoms with Crippen molar-refractivity contribution in [3.63, 3.8) is 0 Å². The summed E-state index contributed by atoms with van der Waals surface area (Å²) in [7, 11) is 2.23.